The number of nitrogens with zero attached hydrogens (tertiary/aromatic N) is 2. The molecule has 0 aromatic heterocycles. The van der Waals surface area contributed by atoms with Crippen LogP contribution in [-0.4, -0.2) is 33.3 Å². The minimum Gasteiger partial charge on any atom is -0.339 e. The van der Waals surface area contributed by atoms with E-state index in [1.54, 1.807) is 4.90 Å². The van der Waals surface area contributed by atoms with Gasteiger partial charge in [-0.2, -0.15) is 0 Å². The van der Waals surface area contributed by atoms with Crippen molar-refractivity contribution < 1.29 is 4.79 Å². The van der Waals surface area contributed by atoms with Crippen molar-refractivity contribution in [2.75, 3.05) is 13.1 Å². The van der Waals surface area contributed by atoms with Crippen LogP contribution >= 0.6 is 25.0 Å². The van der Waals surface area contributed by atoms with Gasteiger partial charge in [-0.1, -0.05) is 12.8 Å². The maximum Gasteiger partial charge on any atom is 0.258 e. The highest BCUT2D eigenvalue weighted by Gasteiger charge is 2.28. The Labute approximate surface area is 70.5 Å². The molecule has 56 valence electrons. The van der Waals surface area contributed by atoms with E-state index in [1.807, 2.05) is 6.92 Å². The Kier molecular flexibility index (Phi) is 2.15. The lowest BCUT2D eigenvalue weighted by molar-refractivity contribution is -0.121. The van der Waals surface area contributed by atoms with Gasteiger partial charge in [-0.25, -0.2) is 4.31 Å². The summed E-state index contributed by atoms with van der Waals surface area (Å²) in [7, 11) is 0. The van der Waals surface area contributed by atoms with Crippen LogP contribution in [0, 0.1) is 0 Å². The fourth-order valence-electron chi connectivity index (χ4n) is 0.786. The summed E-state index contributed by atoms with van der Waals surface area (Å²) >= 11 is 8.79. The van der Waals surface area contributed by atoms with Gasteiger partial charge >= 0.3 is 0 Å². The first kappa shape index (κ1) is 7.81. The van der Waals surface area contributed by atoms with Gasteiger partial charge in [0.2, 0.25) is 0 Å². The largest absolute Gasteiger partial charge is 0.339 e. The zero-order chi connectivity index (χ0) is 7.72. The minimum atomic E-state index is -0.0461. The van der Waals surface area contributed by atoms with Crippen LogP contribution in [0.2, 0.25) is 0 Å². The maximum absolute atomic E-state index is 10.9. The van der Waals surface area contributed by atoms with Gasteiger partial charge in [-0.05, 0) is 19.1 Å². The van der Waals surface area contributed by atoms with Crippen LogP contribution in [0.1, 0.15) is 6.92 Å². The Morgan fingerprint density at radius 2 is 2.40 bits per heavy atom. The third-order valence-electron chi connectivity index (χ3n) is 1.40. The number of hydrogen-bond acceptors (Lipinski definition) is 3. The Morgan fingerprint density at radius 3 is 2.60 bits per heavy atom. The van der Waals surface area contributed by atoms with Crippen LogP contribution in [0.15, 0.2) is 0 Å². The van der Waals surface area contributed by atoms with Gasteiger partial charge in [0.1, 0.15) is 6.54 Å². The Balaban J connectivity index is 2.71. The van der Waals surface area contributed by atoms with Crippen molar-refractivity contribution in [1.29, 1.82) is 0 Å². The molecule has 0 aromatic rings. The van der Waals surface area contributed by atoms with Crippen molar-refractivity contribution in [3.8, 4) is 0 Å². The number of thiocarbonyl (C=S) groups is 1. The average molecular weight is 176 g/mol. The Morgan fingerprint density at radius 1 is 1.80 bits per heavy atom. The molecule has 1 fully saturated rings. The van der Waals surface area contributed by atoms with E-state index in [0.29, 0.717) is 11.7 Å². The summed E-state index contributed by atoms with van der Waals surface area (Å²) in [4.78, 5) is 12.7. The van der Waals surface area contributed by atoms with Crippen LogP contribution < -0.4 is 0 Å². The van der Waals surface area contributed by atoms with E-state index >= 15 is 0 Å². The van der Waals surface area contributed by atoms with Crippen molar-refractivity contribution >= 4 is 36.1 Å². The lowest BCUT2D eigenvalue weighted by Gasteiger charge is -2.13. The summed E-state index contributed by atoms with van der Waals surface area (Å²) in [6.45, 7) is 3.09. The number of amides is 1. The fraction of sp³-hybridized carbons (Fsp3) is 0.600. The number of likely N-dealkylation sites (N-methyl/N-ethyl adjacent to an activating group) is 1. The first-order valence-electron chi connectivity index (χ1n) is 2.97. The Hall–Kier alpha value is -0.290. The highest BCUT2D eigenvalue weighted by atomic mass is 32.1. The molecular weight excluding hydrogens is 168 g/mol. The summed E-state index contributed by atoms with van der Waals surface area (Å²) in [5, 5.41) is 0.510. The van der Waals surface area contributed by atoms with Gasteiger partial charge in [0.05, 0.1) is 0 Å². The van der Waals surface area contributed by atoms with E-state index < -0.39 is 0 Å². The molecule has 0 N–H and O–H groups in total. The van der Waals surface area contributed by atoms with E-state index in [0.717, 1.165) is 6.54 Å². The average Bonchev–Trinajstić information content (AvgIpc) is 2.17. The second-order valence-electron chi connectivity index (χ2n) is 2.00. The maximum atomic E-state index is 10.9. The molecule has 1 aliphatic heterocycles. The Bertz CT molecular complexity index is 182. The molecular formula is C5H8N2OS2. The van der Waals surface area contributed by atoms with E-state index in [2.05, 4.69) is 12.8 Å². The molecule has 0 saturated carbocycles. The molecule has 1 rings (SSSR count). The van der Waals surface area contributed by atoms with Crippen LogP contribution in [-0.2, 0) is 4.79 Å². The zero-order valence-electron chi connectivity index (χ0n) is 5.57. The lowest BCUT2D eigenvalue weighted by atomic mass is 10.6. The molecule has 1 aliphatic rings. The number of thiol groups is 1. The van der Waals surface area contributed by atoms with E-state index in [1.165, 1.54) is 4.31 Å². The second kappa shape index (κ2) is 2.75. The molecule has 0 spiro atoms. The topological polar surface area (TPSA) is 23.6 Å². The minimum absolute atomic E-state index is 0.0461. The van der Waals surface area contributed by atoms with Crippen molar-refractivity contribution in [2.45, 2.75) is 6.92 Å². The third kappa shape index (κ3) is 1.11. The van der Waals surface area contributed by atoms with Gasteiger partial charge in [-0.15, -0.1) is 0 Å². The highest BCUT2D eigenvalue weighted by molar-refractivity contribution is 7.84. The standard InChI is InChI=1S/C5H8N2OS2/c1-2-6-3-4(8)7(10)5(6)9/h10H,2-3H2,1H3. The highest BCUT2D eigenvalue weighted by Crippen LogP contribution is 2.11. The van der Waals surface area contributed by atoms with Gasteiger partial charge in [-0.3, -0.25) is 4.79 Å². The van der Waals surface area contributed by atoms with Crippen LogP contribution in [0.5, 0.6) is 0 Å². The van der Waals surface area contributed by atoms with Crippen LogP contribution in [0.25, 0.3) is 0 Å². The number of carbonyl (C=O) groups excluding carboxylic acids is 1. The van der Waals surface area contributed by atoms with Crippen molar-refractivity contribution in [1.82, 2.24) is 9.21 Å². The van der Waals surface area contributed by atoms with Crippen LogP contribution in [0.3, 0.4) is 0 Å². The third-order valence-corrected chi connectivity index (χ3v) is 2.38. The smallest absolute Gasteiger partial charge is 0.258 e. The molecule has 0 radical (unpaired) electrons. The molecule has 3 nitrogen and oxygen atoms in total. The van der Waals surface area contributed by atoms with Gasteiger partial charge in [0.15, 0.2) is 5.11 Å². The van der Waals surface area contributed by atoms with Crippen molar-refractivity contribution in [2.24, 2.45) is 0 Å². The van der Waals surface area contributed by atoms with Gasteiger partial charge in [0.25, 0.3) is 5.91 Å². The summed E-state index contributed by atoms with van der Waals surface area (Å²) in [5.74, 6) is -0.0461. The van der Waals surface area contributed by atoms with E-state index in [-0.39, 0.29) is 5.91 Å². The number of hydrogen-bond donors (Lipinski definition) is 1. The first-order valence-corrected chi connectivity index (χ1v) is 3.78. The normalized spacial score (nSPS) is 19.0. The molecule has 1 heterocycles. The quantitative estimate of drug-likeness (QED) is 0.458. The van der Waals surface area contributed by atoms with E-state index in [4.69, 9.17) is 12.2 Å². The predicted molar refractivity (Wildman–Crippen MR) is 45.7 cm³/mol. The van der Waals surface area contributed by atoms with Gasteiger partial charge in [0, 0.05) is 6.54 Å². The van der Waals surface area contributed by atoms with Gasteiger partial charge < -0.3 is 4.90 Å². The molecule has 1 amide bonds. The van der Waals surface area contributed by atoms with Crippen molar-refractivity contribution in [3.63, 3.8) is 0 Å². The monoisotopic (exact) mass is 176 g/mol. The first-order chi connectivity index (χ1) is 4.66. The molecule has 0 bridgehead atoms. The molecule has 10 heavy (non-hydrogen) atoms. The molecule has 0 unspecified atom stereocenters. The second-order valence-corrected chi connectivity index (χ2v) is 2.77. The molecule has 0 aliphatic carbocycles. The number of carbonyl (C=O) groups is 1. The summed E-state index contributed by atoms with van der Waals surface area (Å²) < 4.78 is 1.21. The number of rotatable bonds is 1. The van der Waals surface area contributed by atoms with Crippen molar-refractivity contribution in [3.05, 3.63) is 0 Å². The SMILES string of the molecule is CCN1CC(=O)N(S)C1=S. The summed E-state index contributed by atoms with van der Waals surface area (Å²) in [6.07, 6.45) is 0. The molecule has 1 saturated heterocycles. The summed E-state index contributed by atoms with van der Waals surface area (Å²) in [5.41, 5.74) is 0. The molecule has 0 atom stereocenters. The lowest BCUT2D eigenvalue weighted by Crippen LogP contribution is -2.26. The fourth-order valence-corrected chi connectivity index (χ4v) is 1.27. The van der Waals surface area contributed by atoms with E-state index in [9.17, 15) is 4.79 Å². The zero-order valence-corrected chi connectivity index (χ0v) is 7.28. The predicted octanol–water partition coefficient (Wildman–Crippen LogP) is 0.280. The molecule has 0 aromatic carbocycles. The molecule has 5 heteroatoms. The van der Waals surface area contributed by atoms with Crippen LogP contribution in [0.4, 0.5) is 0 Å². The summed E-state index contributed by atoms with van der Waals surface area (Å²) in [6, 6.07) is 0.